The van der Waals surface area contributed by atoms with Gasteiger partial charge in [-0.3, -0.25) is 9.59 Å². The Morgan fingerprint density at radius 2 is 2.20 bits per heavy atom. The van der Waals surface area contributed by atoms with E-state index in [9.17, 15) is 9.59 Å². The van der Waals surface area contributed by atoms with E-state index in [1.807, 2.05) is 6.07 Å². The van der Waals surface area contributed by atoms with Crippen molar-refractivity contribution in [1.29, 1.82) is 0 Å². The van der Waals surface area contributed by atoms with Gasteiger partial charge in [-0.1, -0.05) is 6.92 Å². The summed E-state index contributed by atoms with van der Waals surface area (Å²) in [6.45, 7) is 3.49. The van der Waals surface area contributed by atoms with Gasteiger partial charge in [-0.15, -0.1) is 11.3 Å². The average Bonchev–Trinajstić information content (AvgIpc) is 2.63. The third-order valence-electron chi connectivity index (χ3n) is 1.98. The van der Waals surface area contributed by atoms with Crippen molar-refractivity contribution in [2.75, 3.05) is 0 Å². The van der Waals surface area contributed by atoms with Gasteiger partial charge in [-0.05, 0) is 35.0 Å². The Morgan fingerprint density at radius 3 is 2.67 bits per heavy atom. The molecule has 0 saturated carbocycles. The van der Waals surface area contributed by atoms with E-state index in [1.54, 1.807) is 19.9 Å². The third kappa shape index (κ3) is 3.43. The smallest absolute Gasteiger partial charge is 0.261 e. The summed E-state index contributed by atoms with van der Waals surface area (Å²) in [5.41, 5.74) is 0. The van der Waals surface area contributed by atoms with Crippen LogP contribution >= 0.6 is 27.3 Å². The van der Waals surface area contributed by atoms with Crippen LogP contribution in [-0.4, -0.2) is 17.7 Å². The normalized spacial score (nSPS) is 12.2. The molecular weight excluding hydrogens is 278 g/mol. The van der Waals surface area contributed by atoms with Crippen LogP contribution in [0.2, 0.25) is 0 Å². The maximum absolute atomic E-state index is 11.6. The van der Waals surface area contributed by atoms with Crippen LogP contribution < -0.4 is 5.32 Å². The summed E-state index contributed by atoms with van der Waals surface area (Å²) in [5.74, 6) is -0.154. The molecule has 1 atom stereocenters. The number of hydrogen-bond donors (Lipinski definition) is 1. The van der Waals surface area contributed by atoms with E-state index in [0.29, 0.717) is 11.3 Å². The summed E-state index contributed by atoms with van der Waals surface area (Å²) < 4.78 is 0.905. The van der Waals surface area contributed by atoms with Crippen molar-refractivity contribution < 1.29 is 9.59 Å². The van der Waals surface area contributed by atoms with Crippen LogP contribution in [0, 0.1) is 0 Å². The van der Waals surface area contributed by atoms with E-state index >= 15 is 0 Å². The molecule has 1 aromatic rings. The van der Waals surface area contributed by atoms with Gasteiger partial charge in [0.2, 0.25) is 0 Å². The van der Waals surface area contributed by atoms with E-state index in [2.05, 4.69) is 21.2 Å². The van der Waals surface area contributed by atoms with E-state index < -0.39 is 6.04 Å². The summed E-state index contributed by atoms with van der Waals surface area (Å²) >= 11 is 4.63. The number of hydrogen-bond acceptors (Lipinski definition) is 3. The fraction of sp³-hybridized carbons (Fsp3) is 0.400. The van der Waals surface area contributed by atoms with Gasteiger partial charge in [-0.2, -0.15) is 0 Å². The number of rotatable bonds is 4. The fourth-order valence-electron chi connectivity index (χ4n) is 1.09. The molecule has 0 radical (unpaired) electrons. The largest absolute Gasteiger partial charge is 0.342 e. The molecule has 1 rings (SSSR count). The first-order valence-electron chi connectivity index (χ1n) is 4.63. The van der Waals surface area contributed by atoms with Crippen LogP contribution in [0.15, 0.2) is 15.9 Å². The summed E-state index contributed by atoms with van der Waals surface area (Å²) in [4.78, 5) is 23.5. The summed E-state index contributed by atoms with van der Waals surface area (Å²) in [5, 5.41) is 2.66. The molecule has 0 spiro atoms. The van der Waals surface area contributed by atoms with Gasteiger partial charge in [0.1, 0.15) is 0 Å². The highest BCUT2D eigenvalue weighted by Crippen LogP contribution is 2.21. The standard InChI is InChI=1S/C10H12BrNO2S/c1-3-7(13)6(2)12-10(14)8-4-5-9(11)15-8/h4-6H,3H2,1-2H3,(H,12,14). The third-order valence-corrected chi connectivity index (χ3v) is 3.60. The molecular formula is C10H12BrNO2S. The maximum Gasteiger partial charge on any atom is 0.261 e. The first-order valence-corrected chi connectivity index (χ1v) is 6.24. The van der Waals surface area contributed by atoms with Crippen molar-refractivity contribution in [2.24, 2.45) is 0 Å². The van der Waals surface area contributed by atoms with Crippen LogP contribution in [0.1, 0.15) is 29.9 Å². The number of ketones is 1. The zero-order valence-electron chi connectivity index (χ0n) is 8.54. The highest BCUT2D eigenvalue weighted by molar-refractivity contribution is 9.11. The molecule has 0 aliphatic carbocycles. The molecule has 0 saturated heterocycles. The van der Waals surface area contributed by atoms with E-state index in [-0.39, 0.29) is 11.7 Å². The number of carbonyl (C=O) groups is 2. The van der Waals surface area contributed by atoms with Gasteiger partial charge in [0.15, 0.2) is 5.78 Å². The lowest BCUT2D eigenvalue weighted by Crippen LogP contribution is -2.37. The highest BCUT2D eigenvalue weighted by atomic mass is 79.9. The second-order valence-corrected chi connectivity index (χ2v) is 5.58. The Labute approximate surface area is 101 Å². The Kier molecular flexibility index (Phi) is 4.47. The van der Waals surface area contributed by atoms with Gasteiger partial charge >= 0.3 is 0 Å². The maximum atomic E-state index is 11.6. The SMILES string of the molecule is CCC(=O)C(C)NC(=O)c1ccc(Br)s1. The molecule has 0 aliphatic rings. The van der Waals surface area contributed by atoms with Crippen molar-refractivity contribution >= 4 is 39.0 Å². The molecule has 1 aromatic heterocycles. The lowest BCUT2D eigenvalue weighted by Gasteiger charge is -2.10. The minimum Gasteiger partial charge on any atom is -0.342 e. The number of amides is 1. The second-order valence-electron chi connectivity index (χ2n) is 3.12. The summed E-state index contributed by atoms with van der Waals surface area (Å²) in [7, 11) is 0. The Hall–Kier alpha value is -0.680. The minimum absolute atomic E-state index is 0.0407. The zero-order chi connectivity index (χ0) is 11.4. The molecule has 1 N–H and O–H groups in total. The topological polar surface area (TPSA) is 46.2 Å². The Morgan fingerprint density at radius 1 is 1.53 bits per heavy atom. The molecule has 1 heterocycles. The molecule has 1 amide bonds. The first-order chi connectivity index (χ1) is 7.04. The van der Waals surface area contributed by atoms with E-state index in [1.165, 1.54) is 11.3 Å². The molecule has 3 nitrogen and oxygen atoms in total. The van der Waals surface area contributed by atoms with Crippen molar-refractivity contribution in [3.05, 3.63) is 20.8 Å². The molecule has 0 aliphatic heterocycles. The molecule has 82 valence electrons. The fourth-order valence-corrected chi connectivity index (χ4v) is 2.38. The predicted octanol–water partition coefficient (Wildman–Crippen LogP) is 2.61. The lowest BCUT2D eigenvalue weighted by molar-refractivity contribution is -0.120. The van der Waals surface area contributed by atoms with Crippen molar-refractivity contribution in [3.8, 4) is 0 Å². The highest BCUT2D eigenvalue weighted by Gasteiger charge is 2.15. The van der Waals surface area contributed by atoms with Crippen molar-refractivity contribution in [3.63, 3.8) is 0 Å². The minimum atomic E-state index is -0.414. The first kappa shape index (κ1) is 12.4. The molecule has 0 bridgehead atoms. The molecule has 0 fully saturated rings. The van der Waals surface area contributed by atoms with Crippen LogP contribution in [-0.2, 0) is 4.79 Å². The Balaban J connectivity index is 2.60. The Bertz CT molecular complexity index is 375. The van der Waals surface area contributed by atoms with Crippen LogP contribution in [0.3, 0.4) is 0 Å². The molecule has 1 unspecified atom stereocenters. The van der Waals surface area contributed by atoms with E-state index in [0.717, 1.165) is 3.79 Å². The summed E-state index contributed by atoms with van der Waals surface area (Å²) in [6.07, 6.45) is 0.440. The number of nitrogens with one attached hydrogen (secondary N) is 1. The van der Waals surface area contributed by atoms with Crippen molar-refractivity contribution in [2.45, 2.75) is 26.3 Å². The average molecular weight is 290 g/mol. The molecule has 5 heteroatoms. The molecule has 15 heavy (non-hydrogen) atoms. The number of thiophene rings is 1. The monoisotopic (exact) mass is 289 g/mol. The quantitative estimate of drug-likeness (QED) is 0.926. The van der Waals surface area contributed by atoms with E-state index in [4.69, 9.17) is 0 Å². The second kappa shape index (κ2) is 5.42. The van der Waals surface area contributed by atoms with Gasteiger partial charge < -0.3 is 5.32 Å². The van der Waals surface area contributed by atoms with Crippen LogP contribution in [0.5, 0.6) is 0 Å². The summed E-state index contributed by atoms with van der Waals surface area (Å²) in [6, 6.07) is 3.13. The number of carbonyl (C=O) groups excluding carboxylic acids is 2. The van der Waals surface area contributed by atoms with Gasteiger partial charge in [0.25, 0.3) is 5.91 Å². The van der Waals surface area contributed by atoms with Crippen molar-refractivity contribution in [1.82, 2.24) is 5.32 Å². The number of halogens is 1. The van der Waals surface area contributed by atoms with Crippen LogP contribution in [0.4, 0.5) is 0 Å². The van der Waals surface area contributed by atoms with Gasteiger partial charge in [-0.25, -0.2) is 0 Å². The molecule has 0 aromatic carbocycles. The zero-order valence-corrected chi connectivity index (χ0v) is 10.9. The predicted molar refractivity (Wildman–Crippen MR) is 64.2 cm³/mol. The van der Waals surface area contributed by atoms with Gasteiger partial charge in [0, 0.05) is 6.42 Å². The van der Waals surface area contributed by atoms with Crippen LogP contribution in [0.25, 0.3) is 0 Å². The lowest BCUT2D eigenvalue weighted by atomic mass is 10.2. The number of Topliss-reactive ketones (excluding diaryl/α,β-unsaturated/α-hetero) is 1. The van der Waals surface area contributed by atoms with Gasteiger partial charge in [0.05, 0.1) is 14.7 Å².